The fourth-order valence-corrected chi connectivity index (χ4v) is 1.59. The van der Waals surface area contributed by atoms with E-state index in [-0.39, 0.29) is 18.0 Å². The van der Waals surface area contributed by atoms with Gasteiger partial charge in [0.1, 0.15) is 5.75 Å². The zero-order chi connectivity index (χ0) is 12.8. The average molecular weight is 236 g/mol. The first-order valence-corrected chi connectivity index (χ1v) is 5.72. The summed E-state index contributed by atoms with van der Waals surface area (Å²) in [5, 5.41) is 2.90. The quantitative estimate of drug-likeness (QED) is 0.816. The second-order valence-electron chi connectivity index (χ2n) is 4.25. The Morgan fingerprint density at radius 3 is 2.76 bits per heavy atom. The van der Waals surface area contributed by atoms with Crippen molar-refractivity contribution in [2.24, 2.45) is 5.73 Å². The Balaban J connectivity index is 2.62. The highest BCUT2D eigenvalue weighted by Crippen LogP contribution is 2.18. The predicted octanol–water partition coefficient (Wildman–Crippen LogP) is 1.61. The van der Waals surface area contributed by atoms with Crippen molar-refractivity contribution in [3.63, 3.8) is 0 Å². The molecule has 3 N–H and O–H groups in total. The van der Waals surface area contributed by atoms with E-state index in [4.69, 9.17) is 10.5 Å². The lowest BCUT2D eigenvalue weighted by Gasteiger charge is -2.16. The van der Waals surface area contributed by atoms with Crippen LogP contribution in [0.15, 0.2) is 24.3 Å². The summed E-state index contributed by atoms with van der Waals surface area (Å²) in [4.78, 5) is 11.6. The zero-order valence-corrected chi connectivity index (χ0v) is 10.6. The molecule has 17 heavy (non-hydrogen) atoms. The third-order valence-electron chi connectivity index (χ3n) is 2.48. The minimum absolute atomic E-state index is 0.0321. The first-order valence-electron chi connectivity index (χ1n) is 5.72. The fraction of sp³-hybridized carbons (Fsp3) is 0.462. The number of carbonyl (C=O) groups excluding carboxylic acids is 1. The first-order chi connectivity index (χ1) is 8.02. The zero-order valence-electron chi connectivity index (χ0n) is 10.6. The van der Waals surface area contributed by atoms with Crippen LogP contribution >= 0.6 is 0 Å². The molecule has 0 aromatic heterocycles. The highest BCUT2D eigenvalue weighted by atomic mass is 16.5. The minimum atomic E-state index is -0.118. The number of nitrogens with one attached hydrogen (secondary N) is 1. The summed E-state index contributed by atoms with van der Waals surface area (Å²) < 4.78 is 5.14. The standard InChI is InChI=1S/C13H20N2O2/c1-9(14)7-13(16)15-10(2)11-5-4-6-12(8-11)17-3/h4-6,8-10H,7,14H2,1-3H3,(H,15,16)/t9?,10-/m1/s1. The van der Waals surface area contributed by atoms with Gasteiger partial charge in [0.25, 0.3) is 0 Å². The van der Waals surface area contributed by atoms with Gasteiger partial charge in [0.05, 0.1) is 13.2 Å². The van der Waals surface area contributed by atoms with Crippen LogP contribution in [0.1, 0.15) is 31.9 Å². The van der Waals surface area contributed by atoms with Crippen LogP contribution in [0.5, 0.6) is 5.75 Å². The van der Waals surface area contributed by atoms with Gasteiger partial charge >= 0.3 is 0 Å². The van der Waals surface area contributed by atoms with Crippen molar-refractivity contribution in [2.45, 2.75) is 32.4 Å². The summed E-state index contributed by atoms with van der Waals surface area (Å²) in [6, 6.07) is 7.49. The van der Waals surface area contributed by atoms with Crippen molar-refractivity contribution in [1.82, 2.24) is 5.32 Å². The number of amides is 1. The first kappa shape index (κ1) is 13.5. The van der Waals surface area contributed by atoms with Crippen LogP contribution in [0, 0.1) is 0 Å². The van der Waals surface area contributed by atoms with Crippen LogP contribution in [0.2, 0.25) is 0 Å². The Bertz CT molecular complexity index is 377. The number of rotatable bonds is 5. The molecule has 0 aliphatic carbocycles. The lowest BCUT2D eigenvalue weighted by atomic mass is 10.1. The molecule has 1 aromatic carbocycles. The number of carbonyl (C=O) groups is 1. The molecule has 0 aliphatic heterocycles. The maximum absolute atomic E-state index is 11.6. The Morgan fingerprint density at radius 2 is 2.18 bits per heavy atom. The van der Waals surface area contributed by atoms with Gasteiger partial charge in [0.2, 0.25) is 5.91 Å². The van der Waals surface area contributed by atoms with Crippen molar-refractivity contribution in [1.29, 1.82) is 0 Å². The van der Waals surface area contributed by atoms with Crippen LogP contribution < -0.4 is 15.8 Å². The Kier molecular flexibility index (Phi) is 4.97. The molecule has 0 heterocycles. The molecule has 1 aromatic rings. The molecule has 94 valence electrons. The maximum Gasteiger partial charge on any atom is 0.222 e. The number of methoxy groups -OCH3 is 1. The maximum atomic E-state index is 11.6. The molecular formula is C13H20N2O2. The van der Waals surface area contributed by atoms with Gasteiger partial charge in [-0.25, -0.2) is 0 Å². The highest BCUT2D eigenvalue weighted by molar-refractivity contribution is 5.77. The molecule has 1 rings (SSSR count). The topological polar surface area (TPSA) is 64.3 Å². The van der Waals surface area contributed by atoms with E-state index in [0.717, 1.165) is 11.3 Å². The molecule has 1 amide bonds. The third-order valence-corrected chi connectivity index (χ3v) is 2.48. The van der Waals surface area contributed by atoms with Crippen molar-refractivity contribution in [3.8, 4) is 5.75 Å². The van der Waals surface area contributed by atoms with Gasteiger partial charge in [0.15, 0.2) is 0 Å². The summed E-state index contributed by atoms with van der Waals surface area (Å²) in [7, 11) is 1.62. The molecule has 4 heteroatoms. The van der Waals surface area contributed by atoms with Gasteiger partial charge < -0.3 is 15.8 Å². The van der Waals surface area contributed by atoms with Crippen LogP contribution in [0.25, 0.3) is 0 Å². The molecule has 4 nitrogen and oxygen atoms in total. The van der Waals surface area contributed by atoms with Gasteiger partial charge in [-0.05, 0) is 31.5 Å². The highest BCUT2D eigenvalue weighted by Gasteiger charge is 2.11. The van der Waals surface area contributed by atoms with Crippen LogP contribution in [-0.2, 0) is 4.79 Å². The minimum Gasteiger partial charge on any atom is -0.497 e. The van der Waals surface area contributed by atoms with E-state index in [9.17, 15) is 4.79 Å². The van der Waals surface area contributed by atoms with Crippen molar-refractivity contribution < 1.29 is 9.53 Å². The third kappa shape index (κ3) is 4.44. The van der Waals surface area contributed by atoms with Crippen LogP contribution in [0.3, 0.4) is 0 Å². The molecule has 0 saturated heterocycles. The SMILES string of the molecule is COc1cccc([C@@H](C)NC(=O)CC(C)N)c1. The van der Waals surface area contributed by atoms with Crippen LogP contribution in [-0.4, -0.2) is 19.1 Å². The van der Waals surface area contributed by atoms with E-state index in [1.54, 1.807) is 7.11 Å². The smallest absolute Gasteiger partial charge is 0.222 e. The molecule has 0 aliphatic rings. The molecule has 1 unspecified atom stereocenters. The Morgan fingerprint density at radius 1 is 1.47 bits per heavy atom. The summed E-state index contributed by atoms with van der Waals surface area (Å²) in [6.07, 6.45) is 0.342. The molecular weight excluding hydrogens is 216 g/mol. The number of nitrogens with two attached hydrogens (primary N) is 1. The van der Waals surface area contributed by atoms with Gasteiger partial charge in [-0.1, -0.05) is 12.1 Å². The largest absolute Gasteiger partial charge is 0.497 e. The van der Waals surface area contributed by atoms with Gasteiger partial charge in [-0.3, -0.25) is 4.79 Å². The van der Waals surface area contributed by atoms with E-state index in [1.165, 1.54) is 0 Å². The molecule has 0 bridgehead atoms. The van der Waals surface area contributed by atoms with Gasteiger partial charge in [-0.15, -0.1) is 0 Å². The number of benzene rings is 1. The molecule has 0 radical (unpaired) electrons. The van der Waals surface area contributed by atoms with E-state index >= 15 is 0 Å². The second kappa shape index (κ2) is 6.25. The lowest BCUT2D eigenvalue weighted by Crippen LogP contribution is -2.31. The van der Waals surface area contributed by atoms with Crippen molar-refractivity contribution in [3.05, 3.63) is 29.8 Å². The Hall–Kier alpha value is -1.55. The summed E-state index contributed by atoms with van der Waals surface area (Å²) in [5.74, 6) is 0.756. The number of hydrogen-bond donors (Lipinski definition) is 2. The van der Waals surface area contributed by atoms with Gasteiger partial charge in [0, 0.05) is 12.5 Å². The van der Waals surface area contributed by atoms with Crippen LogP contribution in [0.4, 0.5) is 0 Å². The van der Waals surface area contributed by atoms with E-state index in [0.29, 0.717) is 6.42 Å². The van der Waals surface area contributed by atoms with Gasteiger partial charge in [-0.2, -0.15) is 0 Å². The normalized spacial score (nSPS) is 13.9. The monoisotopic (exact) mass is 236 g/mol. The summed E-state index contributed by atoms with van der Waals surface area (Å²) >= 11 is 0. The fourth-order valence-electron chi connectivity index (χ4n) is 1.59. The van der Waals surface area contributed by atoms with E-state index in [2.05, 4.69) is 5.32 Å². The predicted molar refractivity (Wildman–Crippen MR) is 67.8 cm³/mol. The Labute approximate surface area is 102 Å². The van der Waals surface area contributed by atoms with Crippen molar-refractivity contribution in [2.75, 3.05) is 7.11 Å². The molecule has 0 saturated carbocycles. The molecule has 0 spiro atoms. The van der Waals surface area contributed by atoms with E-state index in [1.807, 2.05) is 38.1 Å². The molecule has 2 atom stereocenters. The average Bonchev–Trinajstić information content (AvgIpc) is 2.27. The van der Waals surface area contributed by atoms with Crippen molar-refractivity contribution >= 4 is 5.91 Å². The lowest BCUT2D eigenvalue weighted by molar-refractivity contribution is -0.122. The molecule has 0 fully saturated rings. The van der Waals surface area contributed by atoms with E-state index < -0.39 is 0 Å². The number of hydrogen-bond acceptors (Lipinski definition) is 3. The summed E-state index contributed by atoms with van der Waals surface area (Å²) in [6.45, 7) is 3.75. The second-order valence-corrected chi connectivity index (χ2v) is 4.25. The number of ether oxygens (including phenoxy) is 1. The summed E-state index contributed by atoms with van der Waals surface area (Å²) in [5.41, 5.74) is 6.59.